The topological polar surface area (TPSA) is 66.8 Å². The second-order valence-corrected chi connectivity index (χ2v) is 7.91. The highest BCUT2D eigenvalue weighted by atomic mass is 79.9. The van der Waals surface area contributed by atoms with Gasteiger partial charge in [-0.05, 0) is 37.6 Å². The Bertz CT molecular complexity index is 802. The van der Waals surface area contributed by atoms with Crippen LogP contribution in [0.1, 0.15) is 13.3 Å². The standard InChI is InChI=1S/C19H18BrNO4/c1-10(2)9-14-19-8-7-13(25-19)15(18(23)24)16(19)17(22)21(14)12-5-3-11(20)4-6-12/h3-8,13-16H,1,9H2,2H3,(H,23,24)/t13-,14-,15+,16-,19-/m1/s1. The molecule has 130 valence electrons. The second kappa shape index (κ2) is 5.54. The number of rotatable bonds is 4. The predicted octanol–water partition coefficient (Wildman–Crippen LogP) is 3.15. The molecule has 5 atom stereocenters. The van der Waals surface area contributed by atoms with Crippen LogP contribution < -0.4 is 4.90 Å². The third-order valence-electron chi connectivity index (χ3n) is 5.35. The molecule has 3 aliphatic rings. The van der Waals surface area contributed by atoms with Gasteiger partial charge >= 0.3 is 5.97 Å². The molecule has 3 aliphatic heterocycles. The molecule has 1 amide bonds. The van der Waals surface area contributed by atoms with Gasteiger partial charge in [0.05, 0.1) is 18.1 Å². The third kappa shape index (κ3) is 2.24. The first-order valence-corrected chi connectivity index (χ1v) is 8.97. The number of carboxylic acids is 1. The number of aliphatic carboxylic acids is 1. The van der Waals surface area contributed by atoms with E-state index in [-0.39, 0.29) is 11.9 Å². The number of amides is 1. The van der Waals surface area contributed by atoms with E-state index in [1.54, 1.807) is 11.0 Å². The van der Waals surface area contributed by atoms with Gasteiger partial charge in [0.1, 0.15) is 11.5 Å². The molecule has 1 aromatic carbocycles. The Morgan fingerprint density at radius 1 is 1.40 bits per heavy atom. The van der Waals surface area contributed by atoms with Gasteiger partial charge < -0.3 is 14.7 Å². The third-order valence-corrected chi connectivity index (χ3v) is 5.88. The van der Waals surface area contributed by atoms with Crippen molar-refractivity contribution < 1.29 is 19.4 Å². The highest BCUT2D eigenvalue weighted by Crippen LogP contribution is 2.56. The molecule has 0 aromatic heterocycles. The molecule has 4 rings (SSSR count). The Morgan fingerprint density at radius 3 is 2.68 bits per heavy atom. The lowest BCUT2D eigenvalue weighted by atomic mass is 9.74. The Hall–Kier alpha value is -1.92. The molecule has 6 heteroatoms. The van der Waals surface area contributed by atoms with E-state index in [1.165, 1.54) is 0 Å². The monoisotopic (exact) mass is 403 g/mol. The molecule has 5 nitrogen and oxygen atoms in total. The van der Waals surface area contributed by atoms with Crippen molar-refractivity contribution in [3.8, 4) is 0 Å². The highest BCUT2D eigenvalue weighted by Gasteiger charge is 2.71. The number of nitrogens with zero attached hydrogens (tertiary/aromatic N) is 1. The number of hydrogen-bond donors (Lipinski definition) is 1. The van der Waals surface area contributed by atoms with E-state index in [0.29, 0.717) is 6.42 Å². The van der Waals surface area contributed by atoms with E-state index in [1.807, 2.05) is 37.3 Å². The fourth-order valence-electron chi connectivity index (χ4n) is 4.42. The molecular weight excluding hydrogens is 386 g/mol. The number of hydrogen-bond acceptors (Lipinski definition) is 3. The van der Waals surface area contributed by atoms with Gasteiger partial charge in [-0.15, -0.1) is 6.58 Å². The minimum absolute atomic E-state index is 0.187. The summed E-state index contributed by atoms with van der Waals surface area (Å²) in [5.74, 6) is -2.72. The van der Waals surface area contributed by atoms with Crippen LogP contribution in [0.5, 0.6) is 0 Å². The number of carboxylic acid groups (broad SMARTS) is 1. The number of anilines is 1. The van der Waals surface area contributed by atoms with Crippen molar-refractivity contribution in [3.63, 3.8) is 0 Å². The molecular formula is C19H18BrNO4. The summed E-state index contributed by atoms with van der Waals surface area (Å²) in [6.45, 7) is 5.90. The normalized spacial score (nSPS) is 35.3. The molecule has 3 heterocycles. The maximum atomic E-state index is 13.3. The van der Waals surface area contributed by atoms with Crippen molar-refractivity contribution in [1.82, 2.24) is 0 Å². The van der Waals surface area contributed by atoms with E-state index in [0.717, 1.165) is 15.7 Å². The molecule has 0 saturated carbocycles. The molecule has 2 bridgehead atoms. The van der Waals surface area contributed by atoms with Gasteiger partial charge in [-0.1, -0.05) is 33.7 Å². The van der Waals surface area contributed by atoms with E-state index in [9.17, 15) is 14.7 Å². The molecule has 2 fully saturated rings. The summed E-state index contributed by atoms with van der Waals surface area (Å²) in [6, 6.07) is 7.16. The van der Waals surface area contributed by atoms with Gasteiger partial charge in [0, 0.05) is 10.2 Å². The number of ether oxygens (including phenoxy) is 1. The zero-order chi connectivity index (χ0) is 17.9. The van der Waals surface area contributed by atoms with Crippen LogP contribution in [-0.2, 0) is 14.3 Å². The molecule has 0 unspecified atom stereocenters. The molecule has 25 heavy (non-hydrogen) atoms. The SMILES string of the molecule is C=C(C)C[C@H]1N(c2ccc(Br)cc2)C(=O)[C@H]2[C@@H](C(=O)O)[C@H]3C=C[C@]21O3. The fraction of sp³-hybridized carbons (Fsp3) is 0.368. The van der Waals surface area contributed by atoms with Gasteiger partial charge in [0.15, 0.2) is 0 Å². The van der Waals surface area contributed by atoms with Crippen LogP contribution in [0, 0.1) is 11.8 Å². The lowest BCUT2D eigenvalue weighted by Gasteiger charge is -2.33. The Labute approximate surface area is 154 Å². The lowest BCUT2D eigenvalue weighted by molar-refractivity contribution is -0.146. The Kier molecular flexibility index (Phi) is 3.67. The minimum Gasteiger partial charge on any atom is -0.481 e. The number of fused-ring (bicyclic) bond motifs is 1. The summed E-state index contributed by atoms with van der Waals surface area (Å²) in [4.78, 5) is 26.8. The van der Waals surface area contributed by atoms with Crippen LogP contribution in [0.15, 0.2) is 53.0 Å². The van der Waals surface area contributed by atoms with Crippen molar-refractivity contribution >= 4 is 33.5 Å². The van der Waals surface area contributed by atoms with E-state index < -0.39 is 29.5 Å². The van der Waals surface area contributed by atoms with Gasteiger partial charge in [-0.25, -0.2) is 0 Å². The van der Waals surface area contributed by atoms with Crippen molar-refractivity contribution in [2.45, 2.75) is 31.1 Å². The van der Waals surface area contributed by atoms with Crippen molar-refractivity contribution in [2.24, 2.45) is 11.8 Å². The molecule has 0 radical (unpaired) electrons. The number of carbonyl (C=O) groups is 2. The first-order valence-electron chi connectivity index (χ1n) is 8.18. The molecule has 1 aromatic rings. The first kappa shape index (κ1) is 16.5. The van der Waals surface area contributed by atoms with Crippen LogP contribution in [0.3, 0.4) is 0 Å². The van der Waals surface area contributed by atoms with Gasteiger partial charge in [-0.3, -0.25) is 9.59 Å². The second-order valence-electron chi connectivity index (χ2n) is 7.00. The zero-order valence-corrected chi connectivity index (χ0v) is 15.3. The molecule has 1 spiro atoms. The maximum Gasteiger partial charge on any atom is 0.310 e. The van der Waals surface area contributed by atoms with Crippen molar-refractivity contribution in [3.05, 3.63) is 53.0 Å². The summed E-state index contributed by atoms with van der Waals surface area (Å²) in [6.07, 6.45) is 3.71. The van der Waals surface area contributed by atoms with Crippen LogP contribution in [0.4, 0.5) is 5.69 Å². The first-order chi connectivity index (χ1) is 11.8. The smallest absolute Gasteiger partial charge is 0.310 e. The summed E-state index contributed by atoms with van der Waals surface area (Å²) in [5, 5.41) is 9.65. The van der Waals surface area contributed by atoms with Gasteiger partial charge in [0.2, 0.25) is 5.91 Å². The average Bonchev–Trinajstić information content (AvgIpc) is 3.18. The van der Waals surface area contributed by atoms with Crippen LogP contribution in [0.2, 0.25) is 0 Å². The Balaban J connectivity index is 1.84. The van der Waals surface area contributed by atoms with E-state index in [4.69, 9.17) is 4.74 Å². The Morgan fingerprint density at radius 2 is 2.08 bits per heavy atom. The van der Waals surface area contributed by atoms with Crippen LogP contribution in [0.25, 0.3) is 0 Å². The maximum absolute atomic E-state index is 13.3. The number of benzene rings is 1. The van der Waals surface area contributed by atoms with E-state index >= 15 is 0 Å². The minimum atomic E-state index is -0.985. The van der Waals surface area contributed by atoms with E-state index in [2.05, 4.69) is 22.5 Å². The summed E-state index contributed by atoms with van der Waals surface area (Å²) >= 11 is 3.40. The zero-order valence-electron chi connectivity index (χ0n) is 13.7. The predicted molar refractivity (Wildman–Crippen MR) is 96.2 cm³/mol. The molecule has 1 N–H and O–H groups in total. The summed E-state index contributed by atoms with van der Waals surface area (Å²) < 4.78 is 7.03. The fourth-order valence-corrected chi connectivity index (χ4v) is 4.69. The van der Waals surface area contributed by atoms with Crippen molar-refractivity contribution in [2.75, 3.05) is 4.90 Å². The molecule has 2 saturated heterocycles. The van der Waals surface area contributed by atoms with Gasteiger partial charge in [0.25, 0.3) is 0 Å². The molecule has 0 aliphatic carbocycles. The highest BCUT2D eigenvalue weighted by molar-refractivity contribution is 9.10. The van der Waals surface area contributed by atoms with Crippen LogP contribution >= 0.6 is 15.9 Å². The quantitative estimate of drug-likeness (QED) is 0.784. The van der Waals surface area contributed by atoms with Crippen LogP contribution in [-0.4, -0.2) is 34.7 Å². The largest absolute Gasteiger partial charge is 0.481 e. The number of halogens is 1. The van der Waals surface area contributed by atoms with Gasteiger partial charge in [-0.2, -0.15) is 0 Å². The summed E-state index contributed by atoms with van der Waals surface area (Å²) in [7, 11) is 0. The van der Waals surface area contributed by atoms with Crippen molar-refractivity contribution in [1.29, 1.82) is 0 Å². The average molecular weight is 404 g/mol. The number of carbonyl (C=O) groups excluding carboxylic acids is 1. The summed E-state index contributed by atoms with van der Waals surface area (Å²) in [5.41, 5.74) is 0.776. The lowest BCUT2D eigenvalue weighted by Crippen LogP contribution is -2.45.